The number of piperidine rings is 1. The van der Waals surface area contributed by atoms with E-state index in [1.165, 1.54) is 36.9 Å². The SMILES string of the molecule is CCc1nncn1CCNC(=NC)NCc1ccc(CN2CCCCC2C)cc1.I. The molecule has 2 aromatic rings. The van der Waals surface area contributed by atoms with Gasteiger partial charge in [-0.3, -0.25) is 9.89 Å². The lowest BCUT2D eigenvalue weighted by molar-refractivity contribution is 0.152. The molecule has 1 unspecified atom stereocenters. The first-order valence-corrected chi connectivity index (χ1v) is 10.8. The predicted molar refractivity (Wildman–Crippen MR) is 133 cm³/mol. The van der Waals surface area contributed by atoms with Gasteiger partial charge < -0.3 is 15.2 Å². The third kappa shape index (κ3) is 7.23. The third-order valence-electron chi connectivity index (χ3n) is 5.69. The Morgan fingerprint density at radius 3 is 2.63 bits per heavy atom. The molecule has 0 aliphatic carbocycles. The third-order valence-corrected chi connectivity index (χ3v) is 5.69. The van der Waals surface area contributed by atoms with E-state index in [0.29, 0.717) is 6.04 Å². The monoisotopic (exact) mass is 525 g/mol. The van der Waals surface area contributed by atoms with E-state index in [0.717, 1.165) is 44.4 Å². The summed E-state index contributed by atoms with van der Waals surface area (Å²) < 4.78 is 2.07. The standard InChI is InChI=1S/C22H35N7.HI/c1-4-21-27-26-17-29(21)14-12-24-22(23-3)25-15-19-8-10-20(11-9-19)16-28-13-6-5-7-18(28)2;/h8-11,17-18H,4-7,12-16H2,1-3H3,(H2,23,24,25);1H. The first kappa shape index (κ1) is 24.6. The molecule has 1 aliphatic rings. The van der Waals surface area contributed by atoms with Crippen molar-refractivity contribution >= 4 is 29.9 Å². The smallest absolute Gasteiger partial charge is 0.191 e. The van der Waals surface area contributed by atoms with Gasteiger partial charge in [0.05, 0.1) is 0 Å². The minimum Gasteiger partial charge on any atom is -0.355 e. The van der Waals surface area contributed by atoms with Crippen molar-refractivity contribution in [2.24, 2.45) is 4.99 Å². The summed E-state index contributed by atoms with van der Waals surface area (Å²) >= 11 is 0. The molecule has 0 radical (unpaired) electrons. The number of likely N-dealkylation sites (tertiary alicyclic amines) is 1. The van der Waals surface area contributed by atoms with E-state index in [4.69, 9.17) is 0 Å². The van der Waals surface area contributed by atoms with Crippen molar-refractivity contribution in [1.82, 2.24) is 30.3 Å². The Morgan fingerprint density at radius 2 is 1.93 bits per heavy atom. The molecule has 1 atom stereocenters. The van der Waals surface area contributed by atoms with E-state index in [-0.39, 0.29) is 24.0 Å². The Morgan fingerprint density at radius 1 is 1.17 bits per heavy atom. The van der Waals surface area contributed by atoms with Crippen LogP contribution in [0.5, 0.6) is 0 Å². The Hall–Kier alpha value is -1.68. The second-order valence-corrected chi connectivity index (χ2v) is 7.78. The molecule has 1 saturated heterocycles. The summed E-state index contributed by atoms with van der Waals surface area (Å²) in [5, 5.41) is 14.8. The molecule has 7 nitrogen and oxygen atoms in total. The number of rotatable bonds is 8. The van der Waals surface area contributed by atoms with Gasteiger partial charge in [-0.25, -0.2) is 0 Å². The summed E-state index contributed by atoms with van der Waals surface area (Å²) in [6, 6.07) is 9.65. The Bertz CT molecular complexity index is 772. The molecule has 2 heterocycles. The minimum atomic E-state index is 0. The molecule has 0 spiro atoms. The number of aliphatic imine (C=N–C) groups is 1. The van der Waals surface area contributed by atoms with Crippen molar-refractivity contribution in [3.8, 4) is 0 Å². The van der Waals surface area contributed by atoms with E-state index >= 15 is 0 Å². The molecule has 1 aromatic heterocycles. The van der Waals surface area contributed by atoms with Crippen molar-refractivity contribution in [3.63, 3.8) is 0 Å². The number of nitrogens with one attached hydrogen (secondary N) is 2. The van der Waals surface area contributed by atoms with Crippen molar-refractivity contribution in [2.75, 3.05) is 20.1 Å². The van der Waals surface area contributed by atoms with Gasteiger partial charge in [-0.05, 0) is 37.4 Å². The molecule has 0 amide bonds. The van der Waals surface area contributed by atoms with Gasteiger partial charge in [-0.1, -0.05) is 37.6 Å². The van der Waals surface area contributed by atoms with E-state index in [1.54, 1.807) is 13.4 Å². The molecule has 1 aliphatic heterocycles. The lowest BCUT2D eigenvalue weighted by Gasteiger charge is -2.33. The van der Waals surface area contributed by atoms with E-state index in [9.17, 15) is 0 Å². The van der Waals surface area contributed by atoms with Gasteiger partial charge >= 0.3 is 0 Å². The van der Waals surface area contributed by atoms with Gasteiger partial charge in [0.2, 0.25) is 0 Å². The second-order valence-electron chi connectivity index (χ2n) is 7.78. The molecule has 1 fully saturated rings. The summed E-state index contributed by atoms with van der Waals surface area (Å²) in [6.07, 6.45) is 6.69. The highest BCUT2D eigenvalue weighted by molar-refractivity contribution is 14.0. The zero-order valence-corrected chi connectivity index (χ0v) is 20.8. The maximum absolute atomic E-state index is 4.32. The highest BCUT2D eigenvalue weighted by atomic mass is 127. The topological polar surface area (TPSA) is 70.4 Å². The van der Waals surface area contributed by atoms with Crippen LogP contribution in [-0.2, 0) is 26.1 Å². The van der Waals surface area contributed by atoms with Crippen LogP contribution in [0.3, 0.4) is 0 Å². The summed E-state index contributed by atoms with van der Waals surface area (Å²) in [5.74, 6) is 1.82. The highest BCUT2D eigenvalue weighted by Crippen LogP contribution is 2.19. The fourth-order valence-electron chi connectivity index (χ4n) is 3.83. The summed E-state index contributed by atoms with van der Waals surface area (Å²) in [4.78, 5) is 6.91. The van der Waals surface area contributed by atoms with Gasteiger partial charge in [-0.15, -0.1) is 34.2 Å². The molecule has 30 heavy (non-hydrogen) atoms. The first-order chi connectivity index (χ1) is 14.2. The molecule has 166 valence electrons. The number of halogens is 1. The van der Waals surface area contributed by atoms with Crippen LogP contribution in [0.1, 0.15) is 50.1 Å². The van der Waals surface area contributed by atoms with E-state index < -0.39 is 0 Å². The van der Waals surface area contributed by atoms with Crippen LogP contribution in [0.25, 0.3) is 0 Å². The largest absolute Gasteiger partial charge is 0.355 e. The molecule has 0 bridgehead atoms. The Kier molecular flexibility index (Phi) is 10.6. The lowest BCUT2D eigenvalue weighted by atomic mass is 10.0. The van der Waals surface area contributed by atoms with E-state index in [1.807, 2.05) is 0 Å². The molecule has 1 aromatic carbocycles. The summed E-state index contributed by atoms with van der Waals surface area (Å²) in [5.41, 5.74) is 2.65. The Balaban J connectivity index is 0.00000320. The maximum atomic E-state index is 4.32. The molecule has 3 rings (SSSR count). The maximum Gasteiger partial charge on any atom is 0.191 e. The van der Waals surface area contributed by atoms with Gasteiger partial charge in [0.15, 0.2) is 5.96 Å². The van der Waals surface area contributed by atoms with Crippen LogP contribution < -0.4 is 10.6 Å². The van der Waals surface area contributed by atoms with Crippen molar-refractivity contribution < 1.29 is 0 Å². The van der Waals surface area contributed by atoms with Crippen LogP contribution in [-0.4, -0.2) is 51.8 Å². The molecule has 8 heteroatoms. The van der Waals surface area contributed by atoms with Gasteiger partial charge in [-0.2, -0.15) is 0 Å². The van der Waals surface area contributed by atoms with Crippen molar-refractivity contribution in [2.45, 2.75) is 65.2 Å². The fraction of sp³-hybridized carbons (Fsp3) is 0.591. The minimum absolute atomic E-state index is 0. The van der Waals surface area contributed by atoms with Crippen LogP contribution in [0.2, 0.25) is 0 Å². The van der Waals surface area contributed by atoms with Crippen LogP contribution in [0.4, 0.5) is 0 Å². The normalized spacial score (nSPS) is 17.4. The molecule has 2 N–H and O–H groups in total. The average Bonchev–Trinajstić information content (AvgIpc) is 3.21. The second kappa shape index (κ2) is 12.9. The molecule has 0 saturated carbocycles. The quantitative estimate of drug-likeness (QED) is 0.315. The zero-order chi connectivity index (χ0) is 20.5. The highest BCUT2D eigenvalue weighted by Gasteiger charge is 2.17. The zero-order valence-electron chi connectivity index (χ0n) is 18.5. The number of hydrogen-bond acceptors (Lipinski definition) is 4. The molecular weight excluding hydrogens is 489 g/mol. The molecular formula is C22H36IN7. The van der Waals surface area contributed by atoms with Crippen molar-refractivity contribution in [3.05, 3.63) is 47.5 Å². The predicted octanol–water partition coefficient (Wildman–Crippen LogP) is 3.20. The Labute approximate surface area is 197 Å². The van der Waals surface area contributed by atoms with Crippen molar-refractivity contribution in [1.29, 1.82) is 0 Å². The number of aromatic nitrogens is 3. The summed E-state index contributed by atoms with van der Waals surface area (Å²) in [6.45, 7) is 9.07. The van der Waals surface area contributed by atoms with Gasteiger partial charge in [0.25, 0.3) is 0 Å². The number of aryl methyl sites for hydroxylation is 1. The van der Waals surface area contributed by atoms with E-state index in [2.05, 4.69) is 73.4 Å². The van der Waals surface area contributed by atoms with Gasteiger partial charge in [0, 0.05) is 45.7 Å². The number of guanidine groups is 1. The lowest BCUT2D eigenvalue weighted by Crippen LogP contribution is -2.38. The van der Waals surface area contributed by atoms with Crippen LogP contribution in [0.15, 0.2) is 35.6 Å². The number of nitrogens with zero attached hydrogens (tertiary/aromatic N) is 5. The number of hydrogen-bond donors (Lipinski definition) is 2. The van der Waals surface area contributed by atoms with Crippen LogP contribution in [0, 0.1) is 0 Å². The first-order valence-electron chi connectivity index (χ1n) is 10.8. The van der Waals surface area contributed by atoms with Gasteiger partial charge in [0.1, 0.15) is 12.2 Å². The van der Waals surface area contributed by atoms with Crippen LogP contribution >= 0.6 is 24.0 Å². The number of benzene rings is 1. The average molecular weight is 525 g/mol. The fourth-order valence-corrected chi connectivity index (χ4v) is 3.83. The summed E-state index contributed by atoms with van der Waals surface area (Å²) in [7, 11) is 1.80.